The monoisotopic (exact) mass is 251 g/mol. The minimum Gasteiger partial charge on any atom is -0.389 e. The molecule has 1 amide bonds. The highest BCUT2D eigenvalue weighted by molar-refractivity contribution is 5.83. The van der Waals surface area contributed by atoms with Crippen LogP contribution in [0.4, 0.5) is 5.82 Å². The first-order valence-electron chi connectivity index (χ1n) is 5.87. The molecule has 2 heterocycles. The second-order valence-corrected chi connectivity index (χ2v) is 4.31. The van der Waals surface area contributed by atoms with Crippen molar-refractivity contribution in [2.45, 2.75) is 19.1 Å². The standard InChI is InChI=1S/C12H17N3O3/c1-8(16)9-2-3-11(14-6-9)15-4-5-18-7-10(15)12(13)17/h2-3,6,8,10,16H,4-5,7H2,1H3,(H2,13,17)/t8-,10?/m0/s1. The van der Waals surface area contributed by atoms with Gasteiger partial charge in [0.05, 0.1) is 19.3 Å². The number of hydrogen-bond donors (Lipinski definition) is 2. The molecule has 18 heavy (non-hydrogen) atoms. The Morgan fingerprint density at radius 3 is 3.00 bits per heavy atom. The molecule has 0 bridgehead atoms. The van der Waals surface area contributed by atoms with Crippen molar-refractivity contribution in [3.8, 4) is 0 Å². The highest BCUT2D eigenvalue weighted by Crippen LogP contribution is 2.19. The maximum atomic E-state index is 11.3. The Hall–Kier alpha value is -1.66. The molecule has 1 unspecified atom stereocenters. The summed E-state index contributed by atoms with van der Waals surface area (Å²) in [4.78, 5) is 17.4. The lowest BCUT2D eigenvalue weighted by Gasteiger charge is -2.34. The summed E-state index contributed by atoms with van der Waals surface area (Å²) in [5, 5.41) is 9.42. The van der Waals surface area contributed by atoms with E-state index >= 15 is 0 Å². The number of carbonyl (C=O) groups excluding carboxylic acids is 1. The number of carbonyl (C=O) groups is 1. The highest BCUT2D eigenvalue weighted by Gasteiger charge is 2.28. The number of pyridine rings is 1. The van der Waals surface area contributed by atoms with Gasteiger partial charge in [0.15, 0.2) is 0 Å². The number of nitrogens with zero attached hydrogens (tertiary/aromatic N) is 2. The van der Waals surface area contributed by atoms with Crippen LogP contribution < -0.4 is 10.6 Å². The van der Waals surface area contributed by atoms with Crippen LogP contribution in [-0.4, -0.2) is 41.8 Å². The van der Waals surface area contributed by atoms with Crippen molar-refractivity contribution < 1.29 is 14.6 Å². The molecule has 1 aliphatic rings. The van der Waals surface area contributed by atoms with Crippen molar-refractivity contribution >= 4 is 11.7 Å². The van der Waals surface area contributed by atoms with Crippen molar-refractivity contribution in [2.75, 3.05) is 24.7 Å². The van der Waals surface area contributed by atoms with E-state index in [0.29, 0.717) is 19.0 Å². The van der Waals surface area contributed by atoms with Crippen molar-refractivity contribution in [3.63, 3.8) is 0 Å². The molecular formula is C12H17N3O3. The molecule has 1 saturated heterocycles. The number of nitrogens with two attached hydrogens (primary N) is 1. The third-order valence-corrected chi connectivity index (χ3v) is 3.00. The molecule has 3 N–H and O–H groups in total. The van der Waals surface area contributed by atoms with E-state index in [1.807, 2.05) is 4.90 Å². The molecule has 0 spiro atoms. The molecule has 1 aromatic rings. The van der Waals surface area contributed by atoms with Gasteiger partial charge in [0, 0.05) is 12.7 Å². The fourth-order valence-corrected chi connectivity index (χ4v) is 1.93. The van der Waals surface area contributed by atoms with Gasteiger partial charge in [0.25, 0.3) is 0 Å². The van der Waals surface area contributed by atoms with Crippen LogP contribution in [-0.2, 0) is 9.53 Å². The maximum absolute atomic E-state index is 11.3. The SMILES string of the molecule is C[C@H](O)c1ccc(N2CCOCC2C(N)=O)nc1. The topological polar surface area (TPSA) is 88.7 Å². The number of morpholine rings is 1. The van der Waals surface area contributed by atoms with Gasteiger partial charge in [-0.3, -0.25) is 4.79 Å². The fourth-order valence-electron chi connectivity index (χ4n) is 1.93. The zero-order valence-corrected chi connectivity index (χ0v) is 10.2. The van der Waals surface area contributed by atoms with E-state index in [2.05, 4.69) is 4.98 Å². The summed E-state index contributed by atoms with van der Waals surface area (Å²) in [5.74, 6) is 0.252. The van der Waals surface area contributed by atoms with Crippen LogP contribution in [0.25, 0.3) is 0 Å². The molecular weight excluding hydrogens is 234 g/mol. The van der Waals surface area contributed by atoms with Crippen molar-refractivity contribution in [2.24, 2.45) is 5.73 Å². The average Bonchev–Trinajstić information content (AvgIpc) is 2.39. The smallest absolute Gasteiger partial charge is 0.242 e. The summed E-state index contributed by atoms with van der Waals surface area (Å²) in [5.41, 5.74) is 6.08. The molecule has 0 saturated carbocycles. The lowest BCUT2D eigenvalue weighted by Crippen LogP contribution is -2.53. The third-order valence-electron chi connectivity index (χ3n) is 3.00. The molecule has 0 aliphatic carbocycles. The summed E-state index contributed by atoms with van der Waals surface area (Å²) in [6.07, 6.45) is 1.05. The molecule has 98 valence electrons. The maximum Gasteiger partial charge on any atom is 0.242 e. The van der Waals surface area contributed by atoms with Gasteiger partial charge in [0.2, 0.25) is 5.91 Å². The molecule has 2 atom stereocenters. The molecule has 0 aromatic carbocycles. The predicted octanol–water partition coefficient (Wildman–Crippen LogP) is -0.175. The number of primary amides is 1. The van der Waals surface area contributed by atoms with Gasteiger partial charge in [0.1, 0.15) is 11.9 Å². The summed E-state index contributed by atoms with van der Waals surface area (Å²) in [6, 6.07) is 3.09. The van der Waals surface area contributed by atoms with Crippen LogP contribution in [0.3, 0.4) is 0 Å². The second-order valence-electron chi connectivity index (χ2n) is 4.31. The molecule has 6 heteroatoms. The Balaban J connectivity index is 2.20. The molecule has 2 rings (SSSR count). The lowest BCUT2D eigenvalue weighted by atomic mass is 10.1. The van der Waals surface area contributed by atoms with E-state index in [0.717, 1.165) is 5.56 Å². The van der Waals surface area contributed by atoms with Crippen LogP contribution in [0, 0.1) is 0 Å². The summed E-state index contributed by atoms with van der Waals surface area (Å²) in [7, 11) is 0. The van der Waals surface area contributed by atoms with Crippen LogP contribution in [0.5, 0.6) is 0 Å². The number of ether oxygens (including phenoxy) is 1. The third kappa shape index (κ3) is 2.60. The van der Waals surface area contributed by atoms with E-state index in [1.54, 1.807) is 25.3 Å². The number of anilines is 1. The normalized spacial score (nSPS) is 21.7. The molecule has 1 fully saturated rings. The van der Waals surface area contributed by atoms with Gasteiger partial charge in [-0.25, -0.2) is 4.98 Å². The summed E-state index contributed by atoms with van der Waals surface area (Å²) in [6.45, 7) is 3.09. The molecule has 1 aromatic heterocycles. The van der Waals surface area contributed by atoms with Gasteiger partial charge in [-0.15, -0.1) is 0 Å². The number of amides is 1. The Morgan fingerprint density at radius 2 is 2.44 bits per heavy atom. The first kappa shape index (κ1) is 12.8. The molecule has 6 nitrogen and oxygen atoms in total. The predicted molar refractivity (Wildman–Crippen MR) is 66.0 cm³/mol. The lowest BCUT2D eigenvalue weighted by molar-refractivity contribution is -0.121. The number of aromatic nitrogens is 1. The van der Waals surface area contributed by atoms with Crippen molar-refractivity contribution in [1.82, 2.24) is 4.98 Å². The Kier molecular flexibility index (Phi) is 3.78. The van der Waals surface area contributed by atoms with E-state index in [9.17, 15) is 9.90 Å². The Bertz CT molecular complexity index is 419. The minimum absolute atomic E-state index is 0.287. The van der Waals surface area contributed by atoms with Crippen LogP contribution in [0.1, 0.15) is 18.6 Å². The molecule has 0 radical (unpaired) electrons. The van der Waals surface area contributed by atoms with Crippen LogP contribution >= 0.6 is 0 Å². The largest absolute Gasteiger partial charge is 0.389 e. The minimum atomic E-state index is -0.553. The molecule has 1 aliphatic heterocycles. The van der Waals surface area contributed by atoms with Crippen LogP contribution in [0.15, 0.2) is 18.3 Å². The average molecular weight is 251 g/mol. The summed E-state index contributed by atoms with van der Waals surface area (Å²) < 4.78 is 5.25. The van der Waals surface area contributed by atoms with Gasteiger partial charge < -0.3 is 20.5 Å². The zero-order chi connectivity index (χ0) is 13.1. The van der Waals surface area contributed by atoms with Crippen molar-refractivity contribution in [3.05, 3.63) is 23.9 Å². The first-order chi connectivity index (χ1) is 8.59. The number of aliphatic hydroxyl groups excluding tert-OH is 1. The van der Waals surface area contributed by atoms with E-state index in [4.69, 9.17) is 10.5 Å². The van der Waals surface area contributed by atoms with E-state index < -0.39 is 18.1 Å². The first-order valence-corrected chi connectivity index (χ1v) is 5.87. The Morgan fingerprint density at radius 1 is 1.67 bits per heavy atom. The zero-order valence-electron chi connectivity index (χ0n) is 10.2. The highest BCUT2D eigenvalue weighted by atomic mass is 16.5. The quantitative estimate of drug-likeness (QED) is 0.778. The van der Waals surface area contributed by atoms with Gasteiger partial charge >= 0.3 is 0 Å². The van der Waals surface area contributed by atoms with E-state index in [1.165, 1.54) is 0 Å². The fraction of sp³-hybridized carbons (Fsp3) is 0.500. The van der Waals surface area contributed by atoms with Crippen molar-refractivity contribution in [1.29, 1.82) is 0 Å². The Labute approximate surface area is 105 Å². The van der Waals surface area contributed by atoms with Gasteiger partial charge in [-0.1, -0.05) is 6.07 Å². The number of rotatable bonds is 3. The van der Waals surface area contributed by atoms with Crippen LogP contribution in [0.2, 0.25) is 0 Å². The number of aliphatic hydroxyl groups is 1. The van der Waals surface area contributed by atoms with Gasteiger partial charge in [-0.05, 0) is 18.6 Å². The number of hydrogen-bond acceptors (Lipinski definition) is 5. The van der Waals surface area contributed by atoms with Gasteiger partial charge in [-0.2, -0.15) is 0 Å². The van der Waals surface area contributed by atoms with E-state index in [-0.39, 0.29) is 6.61 Å². The second kappa shape index (κ2) is 5.32. The summed E-state index contributed by atoms with van der Waals surface area (Å²) >= 11 is 0.